The monoisotopic (exact) mass is 273 g/mol. The lowest BCUT2D eigenvalue weighted by molar-refractivity contribution is 0.213. The van der Waals surface area contributed by atoms with Crippen LogP contribution in [-0.2, 0) is 0 Å². The van der Waals surface area contributed by atoms with Gasteiger partial charge in [0, 0.05) is 17.6 Å². The molecule has 15 heavy (non-hydrogen) atoms. The van der Waals surface area contributed by atoms with Crippen molar-refractivity contribution in [3.05, 3.63) is 34.9 Å². The second kappa shape index (κ2) is 8.89. The summed E-state index contributed by atoms with van der Waals surface area (Å²) in [6.45, 7) is 10.6. The molecule has 0 fully saturated rings. The van der Waals surface area contributed by atoms with Crippen molar-refractivity contribution >= 4 is 15.9 Å². The molecule has 0 atom stereocenters. The van der Waals surface area contributed by atoms with E-state index in [1.165, 1.54) is 0 Å². The first kappa shape index (κ1) is 14.6. The quantitative estimate of drug-likeness (QED) is 0.721. The molecule has 2 nitrogen and oxygen atoms in total. The van der Waals surface area contributed by atoms with Crippen LogP contribution in [0, 0.1) is 0 Å². The summed E-state index contributed by atoms with van der Waals surface area (Å²) < 4.78 is 1.02. The van der Waals surface area contributed by atoms with Gasteiger partial charge in [-0.25, -0.2) is 0 Å². The number of nitrogens with zero attached hydrogens (tertiary/aromatic N) is 1. The molecule has 0 aromatic carbocycles. The third-order valence-electron chi connectivity index (χ3n) is 1.96. The van der Waals surface area contributed by atoms with Crippen LogP contribution in [0.15, 0.2) is 34.9 Å². The largest absolute Gasteiger partial charge is 0.395 e. The second-order valence-electron chi connectivity index (χ2n) is 3.28. The van der Waals surface area contributed by atoms with Crippen LogP contribution in [0.25, 0.3) is 0 Å². The van der Waals surface area contributed by atoms with E-state index in [0.717, 1.165) is 23.1 Å². The third-order valence-corrected chi connectivity index (χ3v) is 2.45. The summed E-state index contributed by atoms with van der Waals surface area (Å²) in [6.07, 6.45) is 5.95. The molecule has 0 radical (unpaired) electrons. The zero-order chi connectivity index (χ0) is 11.7. The molecule has 0 amide bonds. The lowest BCUT2D eigenvalue weighted by atomic mass is 10.2. The van der Waals surface area contributed by atoms with Crippen molar-refractivity contribution in [3.63, 3.8) is 0 Å². The summed E-state index contributed by atoms with van der Waals surface area (Å²) in [5.41, 5.74) is 1.04. The maximum atomic E-state index is 8.84. The summed E-state index contributed by atoms with van der Waals surface area (Å²) in [4.78, 5) is 2.15. The van der Waals surface area contributed by atoms with E-state index in [0.29, 0.717) is 6.54 Å². The Bertz CT molecular complexity index is 246. The molecule has 0 spiro atoms. The van der Waals surface area contributed by atoms with Crippen LogP contribution in [-0.4, -0.2) is 36.2 Å². The van der Waals surface area contributed by atoms with Gasteiger partial charge in [-0.15, -0.1) is 0 Å². The van der Waals surface area contributed by atoms with Gasteiger partial charge >= 0.3 is 0 Å². The minimum absolute atomic E-state index is 0.195. The van der Waals surface area contributed by atoms with Crippen LogP contribution in [0.5, 0.6) is 0 Å². The molecule has 1 N–H and O–H groups in total. The van der Waals surface area contributed by atoms with Gasteiger partial charge in [0.15, 0.2) is 0 Å². The Morgan fingerprint density at radius 1 is 1.53 bits per heavy atom. The van der Waals surface area contributed by atoms with Crippen LogP contribution in [0.3, 0.4) is 0 Å². The smallest absolute Gasteiger partial charge is 0.0558 e. The van der Waals surface area contributed by atoms with Crippen molar-refractivity contribution in [2.75, 3.05) is 26.2 Å². The van der Waals surface area contributed by atoms with E-state index in [-0.39, 0.29) is 6.61 Å². The molecule has 0 saturated carbocycles. The highest BCUT2D eigenvalue weighted by Gasteiger charge is 2.01. The maximum Gasteiger partial charge on any atom is 0.0558 e. The topological polar surface area (TPSA) is 23.5 Å². The van der Waals surface area contributed by atoms with Gasteiger partial charge in [0.2, 0.25) is 0 Å². The average Bonchev–Trinajstić information content (AvgIpc) is 2.17. The van der Waals surface area contributed by atoms with Crippen molar-refractivity contribution in [1.82, 2.24) is 4.90 Å². The number of hydrogen-bond acceptors (Lipinski definition) is 2. The number of hydrogen-bond donors (Lipinski definition) is 1. The van der Waals surface area contributed by atoms with Crippen LogP contribution in [0.1, 0.15) is 13.8 Å². The molecule has 0 aliphatic heterocycles. The highest BCUT2D eigenvalue weighted by Crippen LogP contribution is 2.10. The molecule has 0 aliphatic carbocycles. The summed E-state index contributed by atoms with van der Waals surface area (Å²) in [5.74, 6) is 0. The molecular weight excluding hydrogens is 254 g/mol. The fourth-order valence-electron chi connectivity index (χ4n) is 1.23. The molecule has 0 bridgehead atoms. The molecule has 0 rings (SSSR count). The molecule has 0 unspecified atom stereocenters. The Morgan fingerprint density at radius 2 is 2.20 bits per heavy atom. The summed E-state index contributed by atoms with van der Waals surface area (Å²) >= 11 is 3.44. The number of allylic oxidation sites excluding steroid dienone is 3. The lowest BCUT2D eigenvalue weighted by Gasteiger charge is -2.19. The minimum Gasteiger partial charge on any atom is -0.395 e. The first-order valence-corrected chi connectivity index (χ1v) is 5.94. The van der Waals surface area contributed by atoms with Gasteiger partial charge in [-0.05, 0) is 25.1 Å². The predicted molar refractivity (Wildman–Crippen MR) is 70.2 cm³/mol. The van der Waals surface area contributed by atoms with Gasteiger partial charge in [0.25, 0.3) is 0 Å². The standard InChI is InChI=1S/C12H20BrNO/c1-4-6-12(13)9-11(3)10-14(5-2)7-8-15/h4,6,9,15H,3,5,7-8,10H2,1-2H3/b6-4-,12-9+. The summed E-state index contributed by atoms with van der Waals surface area (Å²) in [5, 5.41) is 8.84. The zero-order valence-corrected chi connectivity index (χ0v) is 11.1. The first-order chi connectivity index (χ1) is 7.13. The van der Waals surface area contributed by atoms with Crippen molar-refractivity contribution in [2.24, 2.45) is 0 Å². The van der Waals surface area contributed by atoms with Crippen molar-refractivity contribution < 1.29 is 5.11 Å². The summed E-state index contributed by atoms with van der Waals surface area (Å²) in [7, 11) is 0. The SMILES string of the molecule is C=C(/C=C(Br)\C=C/C)CN(CC)CCO. The minimum atomic E-state index is 0.195. The number of rotatable bonds is 7. The number of likely N-dealkylation sites (N-methyl/N-ethyl adjacent to an activating group) is 1. The molecule has 0 aliphatic rings. The van der Waals surface area contributed by atoms with Crippen LogP contribution < -0.4 is 0 Å². The highest BCUT2D eigenvalue weighted by atomic mass is 79.9. The Balaban J connectivity index is 4.16. The normalized spacial score (nSPS) is 12.7. The second-order valence-corrected chi connectivity index (χ2v) is 4.20. The van der Waals surface area contributed by atoms with Gasteiger partial charge in [0.05, 0.1) is 6.61 Å². The predicted octanol–water partition coefficient (Wildman–Crippen LogP) is 2.71. The Morgan fingerprint density at radius 3 is 2.67 bits per heavy atom. The van der Waals surface area contributed by atoms with Crippen LogP contribution >= 0.6 is 15.9 Å². The summed E-state index contributed by atoms with van der Waals surface area (Å²) in [6, 6.07) is 0. The third kappa shape index (κ3) is 7.54. The number of halogens is 1. The number of aliphatic hydroxyl groups excluding tert-OH is 1. The maximum absolute atomic E-state index is 8.84. The average molecular weight is 274 g/mol. The fraction of sp³-hybridized carbons (Fsp3) is 0.500. The van der Waals surface area contributed by atoms with E-state index in [9.17, 15) is 0 Å². The highest BCUT2D eigenvalue weighted by molar-refractivity contribution is 9.11. The Hall–Kier alpha value is -0.380. The van der Waals surface area contributed by atoms with E-state index < -0.39 is 0 Å². The van der Waals surface area contributed by atoms with Crippen molar-refractivity contribution in [2.45, 2.75) is 13.8 Å². The van der Waals surface area contributed by atoms with Crippen LogP contribution in [0.2, 0.25) is 0 Å². The van der Waals surface area contributed by atoms with Crippen molar-refractivity contribution in [1.29, 1.82) is 0 Å². The van der Waals surface area contributed by atoms with E-state index in [1.807, 2.05) is 25.2 Å². The first-order valence-electron chi connectivity index (χ1n) is 5.14. The number of aliphatic hydroxyl groups is 1. The van der Waals surface area contributed by atoms with Gasteiger partial charge in [0.1, 0.15) is 0 Å². The van der Waals surface area contributed by atoms with E-state index >= 15 is 0 Å². The van der Waals surface area contributed by atoms with E-state index in [1.54, 1.807) is 0 Å². The molecule has 0 heterocycles. The molecule has 0 aromatic heterocycles. The van der Waals surface area contributed by atoms with E-state index in [2.05, 4.69) is 34.3 Å². The molecule has 3 heteroatoms. The Kier molecular flexibility index (Phi) is 8.67. The van der Waals surface area contributed by atoms with Gasteiger partial charge in [-0.2, -0.15) is 0 Å². The van der Waals surface area contributed by atoms with Gasteiger partial charge in [-0.1, -0.05) is 41.6 Å². The lowest BCUT2D eigenvalue weighted by Crippen LogP contribution is -2.28. The van der Waals surface area contributed by atoms with E-state index in [4.69, 9.17) is 5.11 Å². The van der Waals surface area contributed by atoms with Crippen molar-refractivity contribution in [3.8, 4) is 0 Å². The Labute approximate surface area is 101 Å². The molecule has 0 aromatic rings. The zero-order valence-electron chi connectivity index (χ0n) is 9.54. The van der Waals surface area contributed by atoms with Gasteiger partial charge < -0.3 is 5.11 Å². The molecule has 86 valence electrons. The molecule has 0 saturated heterocycles. The molecular formula is C12H20BrNO. The fourth-order valence-corrected chi connectivity index (χ4v) is 1.81. The van der Waals surface area contributed by atoms with Gasteiger partial charge in [-0.3, -0.25) is 4.90 Å². The van der Waals surface area contributed by atoms with Crippen LogP contribution in [0.4, 0.5) is 0 Å².